The van der Waals surface area contributed by atoms with Crippen LogP contribution in [0.2, 0.25) is 0 Å². The van der Waals surface area contributed by atoms with Crippen molar-refractivity contribution in [1.82, 2.24) is 5.32 Å². The Hall–Kier alpha value is -2.75. The standard InChI is InChI=1S/C19H21NO3/c1-2-22-15-18(13-16-9-5-3-6-10-16)20-19(21)23-14-17-11-7-4-8-12-17/h2-12,18H,1,13-15H2,(H,20,21)/t18-/m0/s1. The van der Waals surface area contributed by atoms with E-state index >= 15 is 0 Å². The minimum atomic E-state index is -0.456. The number of benzene rings is 2. The molecule has 2 aromatic rings. The van der Waals surface area contributed by atoms with E-state index in [0.29, 0.717) is 13.0 Å². The number of hydrogen-bond donors (Lipinski definition) is 1. The van der Waals surface area contributed by atoms with Gasteiger partial charge in [-0.1, -0.05) is 67.2 Å². The first-order valence-corrected chi connectivity index (χ1v) is 7.51. The van der Waals surface area contributed by atoms with E-state index in [4.69, 9.17) is 9.47 Å². The molecule has 0 spiro atoms. The van der Waals surface area contributed by atoms with Crippen LogP contribution >= 0.6 is 0 Å². The molecule has 0 aliphatic carbocycles. The number of nitrogens with one attached hydrogen (secondary N) is 1. The van der Waals surface area contributed by atoms with Crippen LogP contribution in [0, 0.1) is 0 Å². The molecule has 0 aliphatic rings. The van der Waals surface area contributed by atoms with Gasteiger partial charge in [0.15, 0.2) is 0 Å². The quantitative estimate of drug-likeness (QED) is 0.756. The summed E-state index contributed by atoms with van der Waals surface area (Å²) >= 11 is 0. The molecule has 120 valence electrons. The van der Waals surface area contributed by atoms with E-state index in [-0.39, 0.29) is 12.6 Å². The zero-order chi connectivity index (χ0) is 16.3. The van der Waals surface area contributed by atoms with Gasteiger partial charge in [0.1, 0.15) is 13.2 Å². The molecule has 0 unspecified atom stereocenters. The van der Waals surface area contributed by atoms with E-state index in [1.807, 2.05) is 60.7 Å². The molecule has 4 nitrogen and oxygen atoms in total. The number of carbonyl (C=O) groups is 1. The van der Waals surface area contributed by atoms with Crippen molar-refractivity contribution >= 4 is 6.09 Å². The fourth-order valence-electron chi connectivity index (χ4n) is 2.17. The average Bonchev–Trinajstić information content (AvgIpc) is 2.60. The maximum Gasteiger partial charge on any atom is 0.407 e. The van der Waals surface area contributed by atoms with Gasteiger partial charge in [0.25, 0.3) is 0 Å². The molecule has 1 atom stereocenters. The van der Waals surface area contributed by atoms with E-state index in [0.717, 1.165) is 11.1 Å². The summed E-state index contributed by atoms with van der Waals surface area (Å²) in [6, 6.07) is 19.3. The Labute approximate surface area is 136 Å². The van der Waals surface area contributed by atoms with Gasteiger partial charge in [-0.05, 0) is 17.5 Å². The first-order valence-electron chi connectivity index (χ1n) is 7.51. The van der Waals surface area contributed by atoms with Crippen LogP contribution in [0.5, 0.6) is 0 Å². The second-order valence-corrected chi connectivity index (χ2v) is 5.09. The SMILES string of the molecule is C=COC[C@H](Cc1ccccc1)NC(=O)OCc1ccccc1. The predicted molar refractivity (Wildman–Crippen MR) is 89.8 cm³/mol. The van der Waals surface area contributed by atoms with Crippen molar-refractivity contribution in [2.45, 2.75) is 19.1 Å². The topological polar surface area (TPSA) is 47.6 Å². The van der Waals surface area contributed by atoms with Crippen LogP contribution in [0.15, 0.2) is 73.5 Å². The van der Waals surface area contributed by atoms with Gasteiger partial charge in [-0.3, -0.25) is 0 Å². The molecule has 1 N–H and O–H groups in total. The first-order chi connectivity index (χ1) is 11.3. The highest BCUT2D eigenvalue weighted by molar-refractivity contribution is 5.67. The fraction of sp³-hybridized carbons (Fsp3) is 0.211. The predicted octanol–water partition coefficient (Wildman–Crippen LogP) is 3.68. The molecule has 4 heteroatoms. The van der Waals surface area contributed by atoms with Crippen LogP contribution in [-0.2, 0) is 22.5 Å². The normalized spacial score (nSPS) is 11.3. The zero-order valence-electron chi connectivity index (χ0n) is 13.0. The zero-order valence-corrected chi connectivity index (χ0v) is 13.0. The van der Waals surface area contributed by atoms with E-state index in [1.54, 1.807) is 0 Å². The second kappa shape index (κ2) is 9.30. The Bertz CT molecular complexity index is 599. The van der Waals surface area contributed by atoms with Crippen molar-refractivity contribution in [2.75, 3.05) is 6.61 Å². The van der Waals surface area contributed by atoms with Gasteiger partial charge >= 0.3 is 6.09 Å². The summed E-state index contributed by atoms with van der Waals surface area (Å²) in [4.78, 5) is 12.0. The van der Waals surface area contributed by atoms with Crippen molar-refractivity contribution < 1.29 is 14.3 Å². The van der Waals surface area contributed by atoms with E-state index in [2.05, 4.69) is 11.9 Å². The van der Waals surface area contributed by atoms with Gasteiger partial charge in [-0.25, -0.2) is 4.79 Å². The Kier molecular flexibility index (Phi) is 6.72. The lowest BCUT2D eigenvalue weighted by Gasteiger charge is -2.18. The molecular formula is C19H21NO3. The summed E-state index contributed by atoms with van der Waals surface area (Å²) in [6.45, 7) is 4.12. The van der Waals surface area contributed by atoms with Crippen molar-refractivity contribution in [3.8, 4) is 0 Å². The number of alkyl carbamates (subject to hydrolysis) is 1. The van der Waals surface area contributed by atoms with E-state index in [9.17, 15) is 4.79 Å². The molecular weight excluding hydrogens is 290 g/mol. The molecule has 0 saturated carbocycles. The lowest BCUT2D eigenvalue weighted by atomic mass is 10.1. The maximum atomic E-state index is 12.0. The van der Waals surface area contributed by atoms with Crippen LogP contribution in [0.1, 0.15) is 11.1 Å². The summed E-state index contributed by atoms with van der Waals surface area (Å²) in [5, 5.41) is 2.84. The van der Waals surface area contributed by atoms with Crippen LogP contribution in [0.25, 0.3) is 0 Å². The largest absolute Gasteiger partial charge is 0.500 e. The summed E-state index contributed by atoms with van der Waals surface area (Å²) in [5.41, 5.74) is 2.07. The highest BCUT2D eigenvalue weighted by atomic mass is 16.5. The van der Waals surface area contributed by atoms with Gasteiger partial charge in [0.2, 0.25) is 0 Å². The smallest absolute Gasteiger partial charge is 0.407 e. The lowest BCUT2D eigenvalue weighted by Crippen LogP contribution is -2.39. The highest BCUT2D eigenvalue weighted by Crippen LogP contribution is 2.05. The van der Waals surface area contributed by atoms with Crippen molar-refractivity contribution in [1.29, 1.82) is 0 Å². The molecule has 0 aliphatic heterocycles. The number of carbonyl (C=O) groups excluding carboxylic acids is 1. The molecule has 0 heterocycles. The van der Waals surface area contributed by atoms with Crippen LogP contribution in [0.4, 0.5) is 4.79 Å². The monoisotopic (exact) mass is 311 g/mol. The fourth-order valence-corrected chi connectivity index (χ4v) is 2.17. The molecule has 23 heavy (non-hydrogen) atoms. The molecule has 0 saturated heterocycles. The second-order valence-electron chi connectivity index (χ2n) is 5.09. The maximum absolute atomic E-state index is 12.0. The molecule has 0 fully saturated rings. The first kappa shape index (κ1) is 16.6. The van der Waals surface area contributed by atoms with Gasteiger partial charge in [0, 0.05) is 0 Å². The minimum Gasteiger partial charge on any atom is -0.500 e. The molecule has 0 bridgehead atoms. The third-order valence-electron chi connectivity index (χ3n) is 3.27. The molecule has 2 rings (SSSR count). The van der Waals surface area contributed by atoms with Crippen molar-refractivity contribution in [2.24, 2.45) is 0 Å². The van der Waals surface area contributed by atoms with Crippen molar-refractivity contribution in [3.05, 3.63) is 84.6 Å². The van der Waals surface area contributed by atoms with E-state index in [1.165, 1.54) is 6.26 Å². The molecule has 1 amide bonds. The lowest BCUT2D eigenvalue weighted by molar-refractivity contribution is 0.127. The van der Waals surface area contributed by atoms with Gasteiger partial charge in [-0.15, -0.1) is 0 Å². The Morgan fingerprint density at radius 2 is 1.65 bits per heavy atom. The summed E-state index contributed by atoms with van der Waals surface area (Å²) in [7, 11) is 0. The number of hydrogen-bond acceptors (Lipinski definition) is 3. The van der Waals surface area contributed by atoms with Crippen LogP contribution in [0.3, 0.4) is 0 Å². The Balaban J connectivity index is 1.86. The van der Waals surface area contributed by atoms with Crippen LogP contribution in [-0.4, -0.2) is 18.7 Å². The average molecular weight is 311 g/mol. The molecule has 0 aromatic heterocycles. The van der Waals surface area contributed by atoms with Gasteiger partial charge in [-0.2, -0.15) is 0 Å². The summed E-state index contributed by atoms with van der Waals surface area (Å²) < 4.78 is 10.5. The Morgan fingerprint density at radius 1 is 1.04 bits per heavy atom. The third kappa shape index (κ3) is 6.26. The summed E-state index contributed by atoms with van der Waals surface area (Å²) in [5.74, 6) is 0. The van der Waals surface area contributed by atoms with E-state index < -0.39 is 6.09 Å². The van der Waals surface area contributed by atoms with Crippen molar-refractivity contribution in [3.63, 3.8) is 0 Å². The number of ether oxygens (including phenoxy) is 2. The highest BCUT2D eigenvalue weighted by Gasteiger charge is 2.14. The third-order valence-corrected chi connectivity index (χ3v) is 3.27. The summed E-state index contributed by atoms with van der Waals surface area (Å²) in [6.07, 6.45) is 1.58. The number of amides is 1. The number of rotatable bonds is 8. The molecule has 2 aromatic carbocycles. The molecule has 0 radical (unpaired) electrons. The Morgan fingerprint density at radius 3 is 2.26 bits per heavy atom. The van der Waals surface area contributed by atoms with Crippen LogP contribution < -0.4 is 5.32 Å². The van der Waals surface area contributed by atoms with Gasteiger partial charge in [0.05, 0.1) is 12.3 Å². The van der Waals surface area contributed by atoms with Gasteiger partial charge < -0.3 is 14.8 Å². The minimum absolute atomic E-state index is 0.182.